The zero-order valence-corrected chi connectivity index (χ0v) is 15.7. The van der Waals surface area contributed by atoms with Crippen LogP contribution >= 0.6 is 11.3 Å². The van der Waals surface area contributed by atoms with Crippen LogP contribution in [0.15, 0.2) is 35.1 Å². The van der Waals surface area contributed by atoms with E-state index < -0.39 is 0 Å². The molecule has 1 aromatic carbocycles. The van der Waals surface area contributed by atoms with E-state index in [1.165, 1.54) is 28.8 Å². The second-order valence-corrected chi connectivity index (χ2v) is 8.47. The fourth-order valence-corrected chi connectivity index (χ4v) is 5.58. The first-order valence-electron chi connectivity index (χ1n) is 9.60. The van der Waals surface area contributed by atoms with Crippen LogP contribution < -0.4 is 5.56 Å². The Labute approximate surface area is 157 Å². The number of fused-ring (bicyclic) bond motifs is 4. The fraction of sp³-hybridized carbons (Fsp3) is 0.429. The molecule has 134 valence electrons. The van der Waals surface area contributed by atoms with Crippen molar-refractivity contribution in [3.8, 4) is 0 Å². The van der Waals surface area contributed by atoms with E-state index in [2.05, 4.69) is 35.2 Å². The smallest absolute Gasteiger partial charge is 0.262 e. The van der Waals surface area contributed by atoms with E-state index in [0.29, 0.717) is 0 Å². The minimum Gasteiger partial charge on any atom is -0.297 e. The van der Waals surface area contributed by atoms with Crippen LogP contribution in [0.3, 0.4) is 0 Å². The monoisotopic (exact) mass is 365 g/mol. The predicted molar refractivity (Wildman–Crippen MR) is 106 cm³/mol. The summed E-state index contributed by atoms with van der Waals surface area (Å²) in [4.78, 5) is 23.0. The van der Waals surface area contributed by atoms with Crippen LogP contribution in [-0.2, 0) is 32.4 Å². The van der Waals surface area contributed by atoms with E-state index in [0.717, 1.165) is 61.5 Å². The molecule has 4 nitrogen and oxygen atoms in total. The SMILES string of the molecule is O=c1c2c3c(sc2nc2n1CCN(Cc1ccccc1)CC2)CCCC3. The molecule has 0 spiro atoms. The lowest BCUT2D eigenvalue weighted by Crippen LogP contribution is -2.28. The van der Waals surface area contributed by atoms with Gasteiger partial charge in [0.25, 0.3) is 5.56 Å². The summed E-state index contributed by atoms with van der Waals surface area (Å²) in [6, 6.07) is 10.6. The van der Waals surface area contributed by atoms with Gasteiger partial charge in [0.05, 0.1) is 5.39 Å². The molecule has 0 unspecified atom stereocenters. The van der Waals surface area contributed by atoms with Crippen molar-refractivity contribution < 1.29 is 0 Å². The largest absolute Gasteiger partial charge is 0.297 e. The minimum absolute atomic E-state index is 0.200. The number of aromatic nitrogens is 2. The van der Waals surface area contributed by atoms with Gasteiger partial charge in [-0.15, -0.1) is 11.3 Å². The van der Waals surface area contributed by atoms with Gasteiger partial charge in [-0.05, 0) is 36.8 Å². The van der Waals surface area contributed by atoms with Gasteiger partial charge in [-0.3, -0.25) is 14.3 Å². The Morgan fingerprint density at radius 3 is 2.73 bits per heavy atom. The number of rotatable bonds is 2. The van der Waals surface area contributed by atoms with Gasteiger partial charge in [0, 0.05) is 37.5 Å². The lowest BCUT2D eigenvalue weighted by atomic mass is 9.97. The van der Waals surface area contributed by atoms with Crippen molar-refractivity contribution in [3.63, 3.8) is 0 Å². The number of aryl methyl sites for hydroxylation is 2. The fourth-order valence-electron chi connectivity index (χ4n) is 4.31. The number of thiophene rings is 1. The molecule has 1 aliphatic heterocycles. The van der Waals surface area contributed by atoms with Gasteiger partial charge in [-0.1, -0.05) is 30.3 Å². The molecule has 2 aromatic heterocycles. The molecule has 0 bridgehead atoms. The number of hydrogen-bond acceptors (Lipinski definition) is 4. The second-order valence-electron chi connectivity index (χ2n) is 7.39. The normalized spacial score (nSPS) is 17.7. The van der Waals surface area contributed by atoms with Gasteiger partial charge in [-0.2, -0.15) is 0 Å². The quantitative estimate of drug-likeness (QED) is 0.699. The highest BCUT2D eigenvalue weighted by Crippen LogP contribution is 2.34. The third-order valence-corrected chi connectivity index (χ3v) is 6.88. The van der Waals surface area contributed by atoms with Gasteiger partial charge < -0.3 is 0 Å². The lowest BCUT2D eigenvalue weighted by Gasteiger charge is -2.19. The Kier molecular flexibility index (Phi) is 4.14. The summed E-state index contributed by atoms with van der Waals surface area (Å²) in [5.41, 5.74) is 2.83. The van der Waals surface area contributed by atoms with Crippen molar-refractivity contribution >= 4 is 21.6 Å². The summed E-state index contributed by atoms with van der Waals surface area (Å²) < 4.78 is 1.95. The molecule has 3 aromatic rings. The van der Waals surface area contributed by atoms with Crippen LogP contribution in [0.2, 0.25) is 0 Å². The summed E-state index contributed by atoms with van der Waals surface area (Å²) in [5, 5.41) is 0.921. The molecule has 5 heteroatoms. The van der Waals surface area contributed by atoms with Crippen molar-refractivity contribution in [2.75, 3.05) is 13.1 Å². The van der Waals surface area contributed by atoms with Crippen LogP contribution in [0, 0.1) is 0 Å². The van der Waals surface area contributed by atoms with Crippen LogP contribution in [0.25, 0.3) is 10.2 Å². The molecule has 0 saturated heterocycles. The van der Waals surface area contributed by atoms with E-state index in [9.17, 15) is 4.79 Å². The van der Waals surface area contributed by atoms with Gasteiger partial charge in [0.1, 0.15) is 10.7 Å². The summed E-state index contributed by atoms with van der Waals surface area (Å²) >= 11 is 1.76. The molecule has 0 fully saturated rings. The Hall–Kier alpha value is -1.98. The van der Waals surface area contributed by atoms with E-state index in [1.807, 2.05) is 4.57 Å². The van der Waals surface area contributed by atoms with Crippen LogP contribution in [0.5, 0.6) is 0 Å². The van der Waals surface area contributed by atoms with E-state index in [4.69, 9.17) is 4.98 Å². The molecule has 5 rings (SSSR count). The van der Waals surface area contributed by atoms with E-state index >= 15 is 0 Å². The molecule has 0 radical (unpaired) electrons. The minimum atomic E-state index is 0.200. The molecule has 0 N–H and O–H groups in total. The van der Waals surface area contributed by atoms with Crippen molar-refractivity contribution in [2.24, 2.45) is 0 Å². The Bertz CT molecular complexity index is 1010. The average Bonchev–Trinajstić information content (AvgIpc) is 2.92. The highest BCUT2D eigenvalue weighted by molar-refractivity contribution is 7.18. The Morgan fingerprint density at radius 1 is 1.00 bits per heavy atom. The van der Waals surface area contributed by atoms with Gasteiger partial charge >= 0.3 is 0 Å². The second kappa shape index (κ2) is 6.63. The highest BCUT2D eigenvalue weighted by Gasteiger charge is 2.23. The summed E-state index contributed by atoms with van der Waals surface area (Å²) in [6.45, 7) is 3.54. The maximum absolute atomic E-state index is 13.2. The Morgan fingerprint density at radius 2 is 1.85 bits per heavy atom. The number of hydrogen-bond donors (Lipinski definition) is 0. The number of nitrogens with zero attached hydrogens (tertiary/aromatic N) is 3. The number of benzene rings is 1. The maximum Gasteiger partial charge on any atom is 0.262 e. The molecular weight excluding hydrogens is 342 g/mol. The van der Waals surface area contributed by atoms with E-state index in [1.54, 1.807) is 11.3 Å². The third kappa shape index (κ3) is 2.79. The Balaban J connectivity index is 1.47. The van der Waals surface area contributed by atoms with Crippen molar-refractivity contribution in [2.45, 2.75) is 45.2 Å². The summed E-state index contributed by atoms with van der Waals surface area (Å²) in [7, 11) is 0. The highest BCUT2D eigenvalue weighted by atomic mass is 32.1. The molecule has 26 heavy (non-hydrogen) atoms. The van der Waals surface area contributed by atoms with Crippen LogP contribution in [0.4, 0.5) is 0 Å². The molecule has 0 saturated carbocycles. The first-order chi connectivity index (χ1) is 12.8. The van der Waals surface area contributed by atoms with Gasteiger partial charge in [-0.25, -0.2) is 4.98 Å². The van der Waals surface area contributed by atoms with Crippen LogP contribution in [-0.4, -0.2) is 27.5 Å². The third-order valence-electron chi connectivity index (χ3n) is 5.69. The van der Waals surface area contributed by atoms with Crippen molar-refractivity contribution in [3.05, 3.63) is 62.5 Å². The zero-order chi connectivity index (χ0) is 17.5. The van der Waals surface area contributed by atoms with Crippen molar-refractivity contribution in [1.29, 1.82) is 0 Å². The lowest BCUT2D eigenvalue weighted by molar-refractivity contribution is 0.271. The maximum atomic E-state index is 13.2. The van der Waals surface area contributed by atoms with Gasteiger partial charge in [0.15, 0.2) is 0 Å². The summed E-state index contributed by atoms with van der Waals surface area (Å²) in [5.74, 6) is 0.969. The first-order valence-corrected chi connectivity index (χ1v) is 10.4. The van der Waals surface area contributed by atoms with E-state index in [-0.39, 0.29) is 5.56 Å². The molecule has 2 aliphatic rings. The standard InChI is InChI=1S/C21H23N3OS/c25-21-19-16-8-4-5-9-17(16)26-20(19)22-18-10-11-23(12-13-24(18)21)14-15-6-2-1-3-7-15/h1-3,6-7H,4-5,8-14H2. The zero-order valence-electron chi connectivity index (χ0n) is 14.9. The topological polar surface area (TPSA) is 38.1 Å². The van der Waals surface area contributed by atoms with Crippen molar-refractivity contribution in [1.82, 2.24) is 14.5 Å². The predicted octanol–water partition coefficient (Wildman–Crippen LogP) is 3.40. The first kappa shape index (κ1) is 16.2. The molecule has 3 heterocycles. The average molecular weight is 366 g/mol. The summed E-state index contributed by atoms with van der Waals surface area (Å²) in [6.07, 6.45) is 5.46. The molecule has 0 atom stereocenters. The van der Waals surface area contributed by atoms with Crippen LogP contribution in [0.1, 0.15) is 34.7 Å². The molecule has 1 aliphatic carbocycles. The van der Waals surface area contributed by atoms with Gasteiger partial charge in [0.2, 0.25) is 0 Å². The molecule has 0 amide bonds. The molecular formula is C21H23N3OS.